The summed E-state index contributed by atoms with van der Waals surface area (Å²) < 4.78 is 0. The molecule has 1 heterocycles. The molecule has 0 atom stereocenters. The van der Waals surface area contributed by atoms with E-state index in [0.717, 1.165) is 10.4 Å². The average molecular weight is 212 g/mol. The van der Waals surface area contributed by atoms with Gasteiger partial charge in [0.05, 0.1) is 16.5 Å². The molecule has 0 fully saturated rings. The minimum Gasteiger partial charge on any atom is -0.241 e. The number of benzene rings is 1. The first-order valence-corrected chi connectivity index (χ1v) is 4.80. The first kappa shape index (κ1) is 10.9. The lowest BCUT2D eigenvalue weighted by Gasteiger charge is -1.94. The van der Waals surface area contributed by atoms with Gasteiger partial charge in [0.1, 0.15) is 0 Å². The highest BCUT2D eigenvalue weighted by Gasteiger charge is 1.98. The molecule has 1 radical (unpaired) electrons. The standard InChI is InChI=1S/C10H5N2S.CHN/c11-5-8-1-3-9(4-2-8)10-6-12-7-13-10;1-2/h1-4,6H;1H. The summed E-state index contributed by atoms with van der Waals surface area (Å²) in [6.45, 7) is 3.50. The maximum atomic E-state index is 8.59. The van der Waals surface area contributed by atoms with Gasteiger partial charge in [-0.25, -0.2) is 10.2 Å². The molecule has 0 unspecified atom stereocenters. The Morgan fingerprint density at radius 1 is 1.27 bits per heavy atom. The Kier molecular flexibility index (Phi) is 4.03. The van der Waals surface area contributed by atoms with Crippen molar-refractivity contribution in [2.75, 3.05) is 0 Å². The normalized spacial score (nSPS) is 8.33. The van der Waals surface area contributed by atoms with Crippen molar-refractivity contribution in [2.24, 2.45) is 0 Å². The topological polar surface area (TPSA) is 60.5 Å². The fourth-order valence-corrected chi connectivity index (χ4v) is 1.59. The zero-order valence-electron chi connectivity index (χ0n) is 7.71. The van der Waals surface area contributed by atoms with Gasteiger partial charge < -0.3 is 0 Å². The summed E-state index contributed by atoms with van der Waals surface area (Å²) in [4.78, 5) is 4.94. The second-order valence-corrected chi connectivity index (χ2v) is 3.33. The molecule has 0 aliphatic heterocycles. The molecule has 0 saturated carbocycles. The van der Waals surface area contributed by atoms with Gasteiger partial charge in [-0.1, -0.05) is 12.1 Å². The van der Waals surface area contributed by atoms with Crippen LogP contribution < -0.4 is 0 Å². The van der Waals surface area contributed by atoms with E-state index in [2.05, 4.69) is 23.1 Å². The molecule has 3 nitrogen and oxygen atoms in total. The van der Waals surface area contributed by atoms with Crippen molar-refractivity contribution in [3.05, 3.63) is 41.5 Å². The van der Waals surface area contributed by atoms with Gasteiger partial charge in [0.25, 0.3) is 0 Å². The van der Waals surface area contributed by atoms with Crippen molar-refractivity contribution < 1.29 is 0 Å². The van der Waals surface area contributed by atoms with Gasteiger partial charge in [0, 0.05) is 12.8 Å². The van der Waals surface area contributed by atoms with Crippen molar-refractivity contribution in [3.63, 3.8) is 0 Å². The molecule has 0 saturated heterocycles. The van der Waals surface area contributed by atoms with E-state index in [1.807, 2.05) is 12.1 Å². The number of aromatic nitrogens is 1. The maximum absolute atomic E-state index is 8.59. The van der Waals surface area contributed by atoms with E-state index in [-0.39, 0.29) is 0 Å². The van der Waals surface area contributed by atoms with Crippen LogP contribution in [0.25, 0.3) is 10.4 Å². The van der Waals surface area contributed by atoms with E-state index >= 15 is 0 Å². The monoisotopic (exact) mass is 212 g/mol. The molecule has 0 bridgehead atoms. The number of thiazole rings is 1. The SMILES string of the molecule is C#N.N#Cc1ccc(-c2cn[c]s2)cc1. The van der Waals surface area contributed by atoms with Crippen LogP contribution >= 0.6 is 11.3 Å². The van der Waals surface area contributed by atoms with E-state index in [1.54, 1.807) is 18.3 Å². The Morgan fingerprint density at radius 3 is 2.40 bits per heavy atom. The molecule has 0 aliphatic carbocycles. The third-order valence-corrected chi connectivity index (χ3v) is 2.45. The molecular weight excluding hydrogens is 206 g/mol. The third kappa shape index (κ3) is 2.63. The van der Waals surface area contributed by atoms with Crippen LogP contribution in [0.2, 0.25) is 0 Å². The lowest BCUT2D eigenvalue weighted by Crippen LogP contribution is -1.74. The Balaban J connectivity index is 0.000000531. The van der Waals surface area contributed by atoms with E-state index in [4.69, 9.17) is 10.5 Å². The summed E-state index contributed by atoms with van der Waals surface area (Å²) in [5.74, 6) is 0. The van der Waals surface area contributed by atoms with Crippen molar-refractivity contribution in [1.82, 2.24) is 4.98 Å². The molecule has 71 valence electrons. The van der Waals surface area contributed by atoms with Crippen molar-refractivity contribution in [2.45, 2.75) is 0 Å². The van der Waals surface area contributed by atoms with E-state index in [0.29, 0.717) is 5.56 Å². The van der Waals surface area contributed by atoms with Gasteiger partial charge in [-0.2, -0.15) is 5.26 Å². The summed E-state index contributed by atoms with van der Waals surface area (Å²) in [6.07, 6.45) is 1.77. The zero-order chi connectivity index (χ0) is 11.1. The molecule has 0 amide bonds. The first-order chi connectivity index (χ1) is 7.40. The summed E-state index contributed by atoms with van der Waals surface area (Å²) in [5, 5.41) is 15.1. The molecule has 0 N–H and O–H groups in total. The van der Waals surface area contributed by atoms with Gasteiger partial charge in [-0.15, -0.1) is 11.3 Å². The van der Waals surface area contributed by atoms with Crippen molar-refractivity contribution >= 4 is 11.3 Å². The predicted octanol–water partition coefficient (Wildman–Crippen LogP) is 2.62. The molecule has 15 heavy (non-hydrogen) atoms. The van der Waals surface area contributed by atoms with Crippen LogP contribution in [-0.4, -0.2) is 4.98 Å². The van der Waals surface area contributed by atoms with E-state index < -0.39 is 0 Å². The van der Waals surface area contributed by atoms with Crippen LogP contribution in [0.1, 0.15) is 5.56 Å². The minimum absolute atomic E-state index is 0.678. The quantitative estimate of drug-likeness (QED) is 0.730. The summed E-state index contributed by atoms with van der Waals surface area (Å²) in [7, 11) is 0. The van der Waals surface area contributed by atoms with E-state index in [9.17, 15) is 0 Å². The van der Waals surface area contributed by atoms with Gasteiger partial charge in [0.15, 0.2) is 5.51 Å². The molecule has 1 aromatic heterocycles. The molecule has 1 aromatic carbocycles. The highest BCUT2D eigenvalue weighted by molar-refractivity contribution is 7.12. The Morgan fingerprint density at radius 2 is 1.93 bits per heavy atom. The highest BCUT2D eigenvalue weighted by Crippen LogP contribution is 2.22. The minimum atomic E-state index is 0.678. The van der Waals surface area contributed by atoms with Crippen LogP contribution in [0.15, 0.2) is 30.5 Å². The number of nitriles is 2. The number of nitrogens with zero attached hydrogens (tertiary/aromatic N) is 3. The Bertz CT molecular complexity index is 463. The van der Waals surface area contributed by atoms with E-state index in [1.165, 1.54) is 11.3 Å². The fourth-order valence-electron chi connectivity index (χ4n) is 1.03. The molecular formula is C11H6N3S. The van der Waals surface area contributed by atoms with Gasteiger partial charge in [-0.3, -0.25) is 0 Å². The smallest absolute Gasteiger partial charge is 0.152 e. The molecule has 0 aliphatic rings. The number of rotatable bonds is 1. The van der Waals surface area contributed by atoms with Gasteiger partial charge >= 0.3 is 0 Å². The fraction of sp³-hybridized carbons (Fsp3) is 0. The third-order valence-electron chi connectivity index (χ3n) is 1.69. The maximum Gasteiger partial charge on any atom is 0.152 e. The predicted molar refractivity (Wildman–Crippen MR) is 57.8 cm³/mol. The van der Waals surface area contributed by atoms with Gasteiger partial charge in [-0.05, 0) is 17.7 Å². The second kappa shape index (κ2) is 5.54. The number of hydrogen-bond acceptors (Lipinski definition) is 4. The summed E-state index contributed by atoms with van der Waals surface area (Å²) in [6, 6.07) is 9.51. The van der Waals surface area contributed by atoms with Gasteiger partial charge in [0.2, 0.25) is 0 Å². The average Bonchev–Trinajstić information content (AvgIpc) is 2.85. The lowest BCUT2D eigenvalue weighted by molar-refractivity contribution is 1.41. The lowest BCUT2D eigenvalue weighted by atomic mass is 10.1. The molecule has 2 aromatic rings. The molecule has 4 heteroatoms. The van der Waals surface area contributed by atoms with Crippen LogP contribution in [0.4, 0.5) is 0 Å². The van der Waals surface area contributed by atoms with Crippen LogP contribution in [0, 0.1) is 28.7 Å². The second-order valence-electron chi connectivity index (χ2n) is 2.50. The Hall–Kier alpha value is -2.17. The van der Waals surface area contributed by atoms with Crippen molar-refractivity contribution in [3.8, 4) is 23.1 Å². The van der Waals surface area contributed by atoms with Crippen LogP contribution in [0.3, 0.4) is 0 Å². The van der Waals surface area contributed by atoms with Crippen LogP contribution in [0.5, 0.6) is 0 Å². The summed E-state index contributed by atoms with van der Waals surface area (Å²) >= 11 is 1.47. The summed E-state index contributed by atoms with van der Waals surface area (Å²) in [5.41, 5.74) is 4.54. The molecule has 0 spiro atoms. The number of hydrogen-bond donors (Lipinski definition) is 0. The highest BCUT2D eigenvalue weighted by atomic mass is 32.1. The molecule has 2 rings (SSSR count). The largest absolute Gasteiger partial charge is 0.241 e. The van der Waals surface area contributed by atoms with Crippen molar-refractivity contribution in [1.29, 1.82) is 10.5 Å². The first-order valence-electron chi connectivity index (χ1n) is 3.98. The van der Waals surface area contributed by atoms with Crippen LogP contribution in [-0.2, 0) is 0 Å². The zero-order valence-corrected chi connectivity index (χ0v) is 8.53. The Labute approximate surface area is 91.9 Å².